The second-order valence-electron chi connectivity index (χ2n) is 10.2. The van der Waals surface area contributed by atoms with Crippen LogP contribution in [-0.4, -0.2) is 65.7 Å². The van der Waals surface area contributed by atoms with E-state index in [4.69, 9.17) is 19.1 Å². The van der Waals surface area contributed by atoms with Gasteiger partial charge < -0.3 is 24.6 Å². The van der Waals surface area contributed by atoms with Crippen LogP contribution in [0, 0.1) is 0 Å². The monoisotopic (exact) mass is 594 g/mol. The largest absolute Gasteiger partial charge is 0.472 e. The number of carbonyl (C=O) groups excluding carboxylic acids is 2. The zero-order valence-corrected chi connectivity index (χ0v) is 25.7. The number of rotatable bonds is 28. The average molecular weight is 595 g/mol. The summed E-state index contributed by atoms with van der Waals surface area (Å²) in [5.41, 5.74) is 0. The summed E-state index contributed by atoms with van der Waals surface area (Å²) in [5.74, 6) is -1.12. The number of esters is 2. The molecule has 236 valence electrons. The van der Waals surface area contributed by atoms with E-state index in [1.54, 1.807) is 0 Å². The highest BCUT2D eigenvalue weighted by atomic mass is 31.2. The summed E-state index contributed by atoms with van der Waals surface area (Å²) in [7, 11) is -4.57. The van der Waals surface area contributed by atoms with Crippen LogP contribution in [-0.2, 0) is 32.7 Å². The van der Waals surface area contributed by atoms with Gasteiger partial charge in [-0.25, -0.2) is 4.57 Å². The third-order valence-corrected chi connectivity index (χ3v) is 7.18. The van der Waals surface area contributed by atoms with Gasteiger partial charge in [-0.1, -0.05) is 89.7 Å². The van der Waals surface area contributed by atoms with Gasteiger partial charge >= 0.3 is 19.8 Å². The van der Waals surface area contributed by atoms with Gasteiger partial charge in [0.1, 0.15) is 12.7 Å². The highest BCUT2D eigenvalue weighted by Gasteiger charge is 2.26. The molecule has 0 saturated heterocycles. The Balaban J connectivity index is 3.91. The molecule has 0 amide bonds. The molecule has 10 nitrogen and oxygen atoms in total. The van der Waals surface area contributed by atoms with E-state index in [9.17, 15) is 24.2 Å². The molecule has 0 bridgehead atoms. The summed E-state index contributed by atoms with van der Waals surface area (Å²) in [6.07, 6.45) is 21.5. The van der Waals surface area contributed by atoms with Gasteiger partial charge in [0.05, 0.1) is 19.8 Å². The van der Waals surface area contributed by atoms with Crippen molar-refractivity contribution >= 4 is 19.8 Å². The van der Waals surface area contributed by atoms with E-state index in [0.29, 0.717) is 6.42 Å². The van der Waals surface area contributed by atoms with Gasteiger partial charge in [-0.05, 0) is 32.1 Å². The maximum atomic E-state index is 12.2. The molecule has 0 heterocycles. The zero-order chi connectivity index (χ0) is 29.9. The van der Waals surface area contributed by atoms with Crippen LogP contribution in [0.15, 0.2) is 12.2 Å². The number of phosphoric ester groups is 1. The van der Waals surface area contributed by atoms with Crippen LogP contribution in [0.1, 0.15) is 123 Å². The topological polar surface area (TPSA) is 149 Å². The molecule has 0 aliphatic rings. The van der Waals surface area contributed by atoms with E-state index in [-0.39, 0.29) is 13.0 Å². The molecule has 0 aromatic heterocycles. The molecule has 11 heteroatoms. The van der Waals surface area contributed by atoms with E-state index in [2.05, 4.69) is 23.6 Å². The summed E-state index contributed by atoms with van der Waals surface area (Å²) >= 11 is 0. The highest BCUT2D eigenvalue weighted by molar-refractivity contribution is 7.47. The first-order valence-electron chi connectivity index (χ1n) is 15.1. The first-order valence-corrected chi connectivity index (χ1v) is 16.6. The van der Waals surface area contributed by atoms with Crippen LogP contribution in [0.3, 0.4) is 0 Å². The van der Waals surface area contributed by atoms with Gasteiger partial charge in [0.15, 0.2) is 6.10 Å². The number of hydrogen-bond donors (Lipinski definition) is 3. The van der Waals surface area contributed by atoms with Crippen molar-refractivity contribution in [3.8, 4) is 0 Å². The maximum Gasteiger partial charge on any atom is 0.472 e. The third kappa shape index (κ3) is 26.9. The van der Waals surface area contributed by atoms with Gasteiger partial charge in [0.2, 0.25) is 0 Å². The Morgan fingerprint density at radius 2 is 1.27 bits per heavy atom. The Morgan fingerprint density at radius 3 is 1.80 bits per heavy atom. The second-order valence-corrected chi connectivity index (χ2v) is 11.7. The van der Waals surface area contributed by atoms with Crippen molar-refractivity contribution < 1.29 is 47.8 Å². The smallest absolute Gasteiger partial charge is 0.462 e. The maximum absolute atomic E-state index is 12.2. The Morgan fingerprint density at radius 1 is 0.775 bits per heavy atom. The van der Waals surface area contributed by atoms with Crippen molar-refractivity contribution in [1.29, 1.82) is 0 Å². The number of aliphatic hydroxyl groups is 2. The minimum Gasteiger partial charge on any atom is -0.462 e. The van der Waals surface area contributed by atoms with Crippen molar-refractivity contribution in [2.75, 3.05) is 26.4 Å². The Hall–Kier alpha value is -1.29. The number of carbonyl (C=O) groups is 2. The summed E-state index contributed by atoms with van der Waals surface area (Å²) in [6, 6.07) is 0. The molecule has 0 fully saturated rings. The highest BCUT2D eigenvalue weighted by Crippen LogP contribution is 2.43. The van der Waals surface area contributed by atoms with Crippen molar-refractivity contribution in [3.63, 3.8) is 0 Å². The second kappa shape index (κ2) is 26.6. The van der Waals surface area contributed by atoms with Crippen molar-refractivity contribution in [2.45, 2.75) is 135 Å². The first kappa shape index (κ1) is 38.7. The van der Waals surface area contributed by atoms with Crippen LogP contribution in [0.2, 0.25) is 0 Å². The molecule has 0 spiro atoms. The molecule has 40 heavy (non-hydrogen) atoms. The molecular formula is C29H55O10P. The lowest BCUT2D eigenvalue weighted by Gasteiger charge is -2.20. The Kier molecular flexibility index (Phi) is 25.7. The number of aliphatic hydroxyl groups excluding tert-OH is 2. The van der Waals surface area contributed by atoms with Gasteiger partial charge in [-0.15, -0.1) is 0 Å². The van der Waals surface area contributed by atoms with Gasteiger partial charge in [0.25, 0.3) is 0 Å². The molecule has 0 aromatic rings. The molecule has 0 saturated carbocycles. The van der Waals surface area contributed by atoms with Crippen LogP contribution in [0.5, 0.6) is 0 Å². The van der Waals surface area contributed by atoms with Gasteiger partial charge in [-0.2, -0.15) is 0 Å². The number of ether oxygens (including phenoxy) is 2. The summed E-state index contributed by atoms with van der Waals surface area (Å²) in [5, 5.41) is 18.0. The first-order chi connectivity index (χ1) is 19.2. The minimum atomic E-state index is -4.57. The molecule has 0 aliphatic carbocycles. The lowest BCUT2D eigenvalue weighted by Crippen LogP contribution is -2.29. The normalized spacial score (nSPS) is 14.6. The van der Waals surface area contributed by atoms with E-state index in [0.717, 1.165) is 25.7 Å². The molecular weight excluding hydrogens is 539 g/mol. The Bertz CT molecular complexity index is 700. The van der Waals surface area contributed by atoms with Crippen molar-refractivity contribution in [3.05, 3.63) is 12.2 Å². The van der Waals surface area contributed by atoms with Crippen LogP contribution in [0.25, 0.3) is 0 Å². The standard InChI is InChI=1S/C29H55O10P/c1-3-4-5-6-7-8-9-10-11-12-13-14-15-16-17-18-19-20-21-29(33)39-28(24-36-26(2)31)25-38-40(34,35)37-23-27(32)22-30/h11-12,27-28,30,32H,3-10,13-25H2,1-2H3,(H,34,35)/b12-11-. The van der Waals surface area contributed by atoms with Crippen LogP contribution >= 0.6 is 7.82 Å². The zero-order valence-electron chi connectivity index (χ0n) is 24.8. The van der Waals surface area contributed by atoms with E-state index in [1.165, 1.54) is 77.6 Å². The number of allylic oxidation sites excluding steroid dienone is 2. The predicted octanol–water partition coefficient (Wildman–Crippen LogP) is 6.16. The summed E-state index contributed by atoms with van der Waals surface area (Å²) < 4.78 is 31.3. The fourth-order valence-corrected chi connectivity index (χ4v) is 4.68. The van der Waals surface area contributed by atoms with Gasteiger partial charge in [0, 0.05) is 13.3 Å². The van der Waals surface area contributed by atoms with Crippen molar-refractivity contribution in [1.82, 2.24) is 0 Å². The molecule has 0 rings (SSSR count). The quantitative estimate of drug-likeness (QED) is 0.0416. The van der Waals surface area contributed by atoms with Crippen LogP contribution in [0.4, 0.5) is 0 Å². The fraction of sp³-hybridized carbons (Fsp3) is 0.862. The van der Waals surface area contributed by atoms with E-state index >= 15 is 0 Å². The van der Waals surface area contributed by atoms with Gasteiger partial charge in [-0.3, -0.25) is 18.6 Å². The summed E-state index contributed by atoms with van der Waals surface area (Å²) in [4.78, 5) is 33.0. The molecule has 3 atom stereocenters. The fourth-order valence-electron chi connectivity index (χ4n) is 3.89. The summed E-state index contributed by atoms with van der Waals surface area (Å²) in [6.45, 7) is 1.29. The number of phosphoric acid groups is 1. The molecule has 3 unspecified atom stereocenters. The number of hydrogen-bond acceptors (Lipinski definition) is 9. The third-order valence-electron chi connectivity index (χ3n) is 6.23. The predicted molar refractivity (Wildman–Crippen MR) is 155 cm³/mol. The van der Waals surface area contributed by atoms with Crippen molar-refractivity contribution in [2.24, 2.45) is 0 Å². The van der Waals surface area contributed by atoms with E-state index in [1.807, 2.05) is 0 Å². The van der Waals surface area contributed by atoms with E-state index < -0.39 is 51.8 Å². The van der Waals surface area contributed by atoms with Crippen LogP contribution < -0.4 is 0 Å². The number of unbranched alkanes of at least 4 members (excludes halogenated alkanes) is 14. The molecule has 0 aliphatic heterocycles. The molecule has 0 aromatic carbocycles. The average Bonchev–Trinajstić information content (AvgIpc) is 2.92. The molecule has 3 N–H and O–H groups in total. The minimum absolute atomic E-state index is 0.177. The lowest BCUT2D eigenvalue weighted by molar-refractivity contribution is -0.160. The molecule has 0 radical (unpaired) electrons. The Labute approximate surface area is 241 Å². The lowest BCUT2D eigenvalue weighted by atomic mass is 10.1. The SMILES string of the molecule is CCCCCCCCC/C=C\CCCCCCCCCC(=O)OC(COC(C)=O)COP(=O)(O)OCC(O)CO.